The molecule has 0 aliphatic carbocycles. The van der Waals surface area contributed by atoms with Gasteiger partial charge in [-0.2, -0.15) is 0 Å². The smallest absolute Gasteiger partial charge is 0.229 e. The lowest BCUT2D eigenvalue weighted by Gasteiger charge is -2.35. The largest absolute Gasteiger partial charge is 0.299 e. The van der Waals surface area contributed by atoms with Crippen LogP contribution in [0.25, 0.3) is 6.08 Å². The van der Waals surface area contributed by atoms with Crippen molar-refractivity contribution in [3.8, 4) is 0 Å². The third kappa shape index (κ3) is 5.00. The van der Waals surface area contributed by atoms with Gasteiger partial charge in [0, 0.05) is 58.7 Å². The molecular weight excluding hydrogens is 314 g/mol. The topological polar surface area (TPSA) is 43.9 Å². The Labute approximate surface area is 149 Å². The summed E-state index contributed by atoms with van der Waals surface area (Å²) >= 11 is 0. The Balaban J connectivity index is 1.40. The van der Waals surface area contributed by atoms with Gasteiger partial charge < -0.3 is 0 Å². The third-order valence-electron chi connectivity index (χ3n) is 4.95. The molecule has 2 amide bonds. The third-order valence-corrected chi connectivity index (χ3v) is 4.95. The molecule has 2 aliphatic heterocycles. The van der Waals surface area contributed by atoms with Crippen LogP contribution in [0.1, 0.15) is 25.3 Å². The number of piperazine rings is 1. The van der Waals surface area contributed by atoms with Crippen molar-refractivity contribution in [3.05, 3.63) is 41.5 Å². The molecule has 0 N–H and O–H groups in total. The van der Waals surface area contributed by atoms with Crippen LogP contribution in [-0.4, -0.2) is 72.3 Å². The second-order valence-corrected chi connectivity index (χ2v) is 6.96. The van der Waals surface area contributed by atoms with Gasteiger partial charge in [0.25, 0.3) is 0 Å². The summed E-state index contributed by atoms with van der Waals surface area (Å²) in [5.41, 5.74) is 2.62. The van der Waals surface area contributed by atoms with E-state index >= 15 is 0 Å². The van der Waals surface area contributed by atoms with Crippen molar-refractivity contribution in [1.29, 1.82) is 0 Å². The fourth-order valence-corrected chi connectivity index (χ4v) is 3.52. The first-order valence-electron chi connectivity index (χ1n) is 9.12. The molecule has 5 heteroatoms. The van der Waals surface area contributed by atoms with Crippen molar-refractivity contribution >= 4 is 17.9 Å². The van der Waals surface area contributed by atoms with Crippen LogP contribution >= 0.6 is 0 Å². The summed E-state index contributed by atoms with van der Waals surface area (Å²) in [7, 11) is 0. The van der Waals surface area contributed by atoms with Crippen LogP contribution in [0.15, 0.2) is 35.9 Å². The molecule has 5 nitrogen and oxygen atoms in total. The van der Waals surface area contributed by atoms with Gasteiger partial charge >= 0.3 is 0 Å². The molecule has 0 atom stereocenters. The van der Waals surface area contributed by atoms with Gasteiger partial charge in [0.1, 0.15) is 0 Å². The number of carbonyl (C=O) groups excluding carboxylic acids is 2. The summed E-state index contributed by atoms with van der Waals surface area (Å²) in [6, 6.07) is 10.4. The van der Waals surface area contributed by atoms with Crippen molar-refractivity contribution in [2.45, 2.75) is 19.8 Å². The number of amides is 2. The molecule has 0 bridgehead atoms. The molecule has 2 saturated heterocycles. The van der Waals surface area contributed by atoms with Gasteiger partial charge in [-0.25, -0.2) is 0 Å². The Morgan fingerprint density at radius 1 is 0.920 bits per heavy atom. The fraction of sp³-hybridized carbons (Fsp3) is 0.500. The molecule has 2 heterocycles. The SMILES string of the molecule is CC(=Cc1ccccc1)CN1CCN(CCN2C(=O)CCC2=O)CC1. The first-order chi connectivity index (χ1) is 12.1. The number of likely N-dealkylation sites (tertiary alicyclic amines) is 1. The van der Waals surface area contributed by atoms with E-state index in [1.165, 1.54) is 16.0 Å². The Bertz CT molecular complexity index is 618. The molecular formula is C20H27N3O2. The quantitative estimate of drug-likeness (QED) is 0.741. The second kappa shape index (κ2) is 8.41. The van der Waals surface area contributed by atoms with Crippen LogP contribution < -0.4 is 0 Å². The molecule has 0 saturated carbocycles. The van der Waals surface area contributed by atoms with Crippen LogP contribution in [-0.2, 0) is 9.59 Å². The highest BCUT2D eigenvalue weighted by Gasteiger charge is 2.29. The Morgan fingerprint density at radius 3 is 2.16 bits per heavy atom. The average molecular weight is 341 g/mol. The van der Waals surface area contributed by atoms with E-state index in [0.29, 0.717) is 19.4 Å². The zero-order valence-electron chi connectivity index (χ0n) is 15.0. The molecule has 0 unspecified atom stereocenters. The summed E-state index contributed by atoms with van der Waals surface area (Å²) in [6.07, 6.45) is 3.02. The predicted molar refractivity (Wildman–Crippen MR) is 98.9 cm³/mol. The van der Waals surface area contributed by atoms with Crippen molar-refractivity contribution in [1.82, 2.24) is 14.7 Å². The number of imide groups is 1. The minimum Gasteiger partial charge on any atom is -0.299 e. The van der Waals surface area contributed by atoms with Gasteiger partial charge in [-0.1, -0.05) is 42.0 Å². The lowest BCUT2D eigenvalue weighted by Crippen LogP contribution is -2.49. The van der Waals surface area contributed by atoms with Crippen LogP contribution in [0.3, 0.4) is 0 Å². The van der Waals surface area contributed by atoms with Crippen molar-refractivity contribution in [2.75, 3.05) is 45.8 Å². The maximum Gasteiger partial charge on any atom is 0.229 e. The molecule has 1 aromatic rings. The van der Waals surface area contributed by atoms with Gasteiger partial charge in [-0.15, -0.1) is 0 Å². The highest BCUT2D eigenvalue weighted by molar-refractivity contribution is 6.01. The Morgan fingerprint density at radius 2 is 1.52 bits per heavy atom. The van der Waals surface area contributed by atoms with E-state index in [2.05, 4.69) is 47.1 Å². The van der Waals surface area contributed by atoms with E-state index in [0.717, 1.165) is 39.3 Å². The molecule has 134 valence electrons. The van der Waals surface area contributed by atoms with Gasteiger partial charge in [-0.05, 0) is 12.5 Å². The van der Waals surface area contributed by atoms with Gasteiger partial charge in [0.2, 0.25) is 11.8 Å². The lowest BCUT2D eigenvalue weighted by atomic mass is 10.1. The highest BCUT2D eigenvalue weighted by atomic mass is 16.2. The van der Waals surface area contributed by atoms with Gasteiger partial charge in [0.15, 0.2) is 0 Å². The monoisotopic (exact) mass is 341 g/mol. The fourth-order valence-electron chi connectivity index (χ4n) is 3.52. The van der Waals surface area contributed by atoms with Crippen LogP contribution in [0.5, 0.6) is 0 Å². The molecule has 2 aliphatic rings. The minimum absolute atomic E-state index is 0.00897. The second-order valence-electron chi connectivity index (χ2n) is 6.96. The Kier molecular flexibility index (Phi) is 6.00. The summed E-state index contributed by atoms with van der Waals surface area (Å²) in [6.45, 7) is 8.57. The summed E-state index contributed by atoms with van der Waals surface area (Å²) in [5.74, 6) is -0.0179. The zero-order chi connectivity index (χ0) is 17.6. The van der Waals surface area contributed by atoms with Crippen molar-refractivity contribution < 1.29 is 9.59 Å². The average Bonchev–Trinajstić information content (AvgIpc) is 2.93. The summed E-state index contributed by atoms with van der Waals surface area (Å²) in [4.78, 5) is 29.6. The maximum atomic E-state index is 11.7. The summed E-state index contributed by atoms with van der Waals surface area (Å²) < 4.78 is 0. The predicted octanol–water partition coefficient (Wildman–Crippen LogP) is 1.86. The van der Waals surface area contributed by atoms with Gasteiger partial charge in [0.05, 0.1) is 0 Å². The minimum atomic E-state index is -0.00897. The Hall–Kier alpha value is -1.98. The van der Waals surface area contributed by atoms with E-state index < -0.39 is 0 Å². The molecule has 3 rings (SSSR count). The van der Waals surface area contributed by atoms with E-state index in [1.54, 1.807) is 0 Å². The maximum absolute atomic E-state index is 11.7. The van der Waals surface area contributed by atoms with Crippen LogP contribution in [0, 0.1) is 0 Å². The molecule has 0 spiro atoms. The summed E-state index contributed by atoms with van der Waals surface area (Å²) in [5, 5.41) is 0. The molecule has 0 aromatic heterocycles. The van der Waals surface area contributed by atoms with Crippen LogP contribution in [0.2, 0.25) is 0 Å². The number of hydrogen-bond donors (Lipinski definition) is 0. The van der Waals surface area contributed by atoms with Crippen molar-refractivity contribution in [2.24, 2.45) is 0 Å². The van der Waals surface area contributed by atoms with Gasteiger partial charge in [-0.3, -0.25) is 24.3 Å². The number of hydrogen-bond acceptors (Lipinski definition) is 4. The van der Waals surface area contributed by atoms with Crippen LogP contribution in [0.4, 0.5) is 0 Å². The molecule has 1 aromatic carbocycles. The number of carbonyl (C=O) groups is 2. The molecule has 0 radical (unpaired) electrons. The number of nitrogens with zero attached hydrogens (tertiary/aromatic N) is 3. The zero-order valence-corrected chi connectivity index (χ0v) is 15.0. The van der Waals surface area contributed by atoms with E-state index in [1.807, 2.05) is 6.07 Å². The standard InChI is InChI=1S/C20H27N3O2/c1-17(15-18-5-3-2-4-6-18)16-22-11-9-21(10-12-22)13-14-23-19(24)7-8-20(23)25/h2-6,15H,7-14,16H2,1H3. The first-order valence-corrected chi connectivity index (χ1v) is 9.12. The molecule has 2 fully saturated rings. The molecule has 25 heavy (non-hydrogen) atoms. The number of benzene rings is 1. The van der Waals surface area contributed by atoms with E-state index in [4.69, 9.17) is 0 Å². The number of rotatable bonds is 6. The first kappa shape index (κ1) is 17.8. The normalized spacial score (nSPS) is 20.5. The lowest BCUT2D eigenvalue weighted by molar-refractivity contribution is -0.138. The van der Waals surface area contributed by atoms with E-state index in [9.17, 15) is 9.59 Å². The highest BCUT2D eigenvalue weighted by Crippen LogP contribution is 2.13. The van der Waals surface area contributed by atoms with Crippen molar-refractivity contribution in [3.63, 3.8) is 0 Å². The van der Waals surface area contributed by atoms with E-state index in [-0.39, 0.29) is 11.8 Å².